The number of benzene rings is 1. The maximum Gasteiger partial charge on any atom is 0.281 e. The summed E-state index contributed by atoms with van der Waals surface area (Å²) in [6, 6.07) is 7.73. The molecule has 3 rings (SSSR count). The van der Waals surface area contributed by atoms with Gasteiger partial charge >= 0.3 is 0 Å². The number of likely N-dealkylation sites (tertiary alicyclic amines) is 1. The van der Waals surface area contributed by atoms with Gasteiger partial charge in [0.25, 0.3) is 5.91 Å². The molecule has 0 spiro atoms. The molecular weight excluding hydrogens is 270 g/mol. The van der Waals surface area contributed by atoms with Crippen molar-refractivity contribution < 1.29 is 9.42 Å². The Kier molecular flexibility index (Phi) is 3.83. The average molecular weight is 287 g/mol. The summed E-state index contributed by atoms with van der Waals surface area (Å²) >= 11 is 0. The zero-order valence-electron chi connectivity index (χ0n) is 11.6. The lowest BCUT2D eigenvalue weighted by molar-refractivity contribution is 0.101. The second-order valence-corrected chi connectivity index (χ2v) is 5.09. The van der Waals surface area contributed by atoms with Crippen LogP contribution in [0.25, 0.3) is 0 Å². The van der Waals surface area contributed by atoms with E-state index < -0.39 is 5.91 Å². The van der Waals surface area contributed by atoms with E-state index in [1.54, 1.807) is 0 Å². The van der Waals surface area contributed by atoms with Crippen molar-refractivity contribution in [2.24, 2.45) is 0 Å². The first-order valence-corrected chi connectivity index (χ1v) is 6.93. The Morgan fingerprint density at radius 1 is 1.29 bits per heavy atom. The number of aromatic nitrogens is 2. The van der Waals surface area contributed by atoms with Gasteiger partial charge in [-0.3, -0.25) is 9.69 Å². The Morgan fingerprint density at radius 3 is 2.76 bits per heavy atom. The zero-order valence-corrected chi connectivity index (χ0v) is 11.6. The molecule has 2 heterocycles. The van der Waals surface area contributed by atoms with Crippen LogP contribution in [0.5, 0.6) is 0 Å². The van der Waals surface area contributed by atoms with Crippen LogP contribution in [-0.2, 0) is 6.54 Å². The van der Waals surface area contributed by atoms with E-state index in [-0.39, 0.29) is 11.5 Å². The fourth-order valence-corrected chi connectivity index (χ4v) is 2.50. The average Bonchev–Trinajstić information content (AvgIpc) is 3.12. The van der Waals surface area contributed by atoms with Crippen molar-refractivity contribution in [3.8, 4) is 0 Å². The molecule has 1 saturated heterocycles. The number of nitrogens with zero attached hydrogens (tertiary/aromatic N) is 3. The first-order valence-electron chi connectivity index (χ1n) is 6.93. The molecule has 7 heteroatoms. The molecule has 0 atom stereocenters. The van der Waals surface area contributed by atoms with E-state index in [1.165, 1.54) is 12.8 Å². The fourth-order valence-electron chi connectivity index (χ4n) is 2.50. The predicted octanol–water partition coefficient (Wildman–Crippen LogP) is 1.50. The largest absolute Gasteiger partial charge is 0.379 e. The van der Waals surface area contributed by atoms with Crippen molar-refractivity contribution in [2.75, 3.05) is 24.1 Å². The highest BCUT2D eigenvalue weighted by atomic mass is 16.6. The predicted molar refractivity (Wildman–Crippen MR) is 77.6 cm³/mol. The Balaban J connectivity index is 1.75. The molecule has 1 amide bonds. The number of hydrogen-bond acceptors (Lipinski definition) is 6. The number of anilines is 2. The molecule has 3 N–H and O–H groups in total. The maximum atomic E-state index is 12.1. The fraction of sp³-hybridized carbons (Fsp3) is 0.357. The summed E-state index contributed by atoms with van der Waals surface area (Å²) in [6.45, 7) is 3.02. The molecule has 1 fully saturated rings. The summed E-state index contributed by atoms with van der Waals surface area (Å²) in [5.74, 6) is -0.424. The highest BCUT2D eigenvalue weighted by Gasteiger charge is 2.18. The molecule has 2 aromatic rings. The van der Waals surface area contributed by atoms with Crippen LogP contribution in [0, 0.1) is 0 Å². The van der Waals surface area contributed by atoms with Gasteiger partial charge < -0.3 is 11.1 Å². The van der Waals surface area contributed by atoms with Gasteiger partial charge in [-0.25, -0.2) is 4.63 Å². The van der Waals surface area contributed by atoms with Gasteiger partial charge in [0.2, 0.25) is 11.5 Å². The van der Waals surface area contributed by atoms with Crippen LogP contribution in [0.15, 0.2) is 28.9 Å². The van der Waals surface area contributed by atoms with E-state index >= 15 is 0 Å². The lowest BCUT2D eigenvalue weighted by Gasteiger charge is -2.17. The van der Waals surface area contributed by atoms with Crippen molar-refractivity contribution in [2.45, 2.75) is 19.4 Å². The second-order valence-electron chi connectivity index (χ2n) is 5.09. The third-order valence-corrected chi connectivity index (χ3v) is 3.59. The molecule has 1 aliphatic rings. The lowest BCUT2D eigenvalue weighted by atomic mass is 10.1. The minimum absolute atomic E-state index is 0.00553. The van der Waals surface area contributed by atoms with Gasteiger partial charge in [0.1, 0.15) is 0 Å². The molecule has 1 aromatic carbocycles. The normalized spacial score (nSPS) is 15.2. The van der Waals surface area contributed by atoms with Crippen LogP contribution >= 0.6 is 0 Å². The molecule has 1 aromatic heterocycles. The van der Waals surface area contributed by atoms with Crippen molar-refractivity contribution in [1.82, 2.24) is 15.2 Å². The highest BCUT2D eigenvalue weighted by Crippen LogP contribution is 2.21. The summed E-state index contributed by atoms with van der Waals surface area (Å²) in [6.07, 6.45) is 2.46. The SMILES string of the molecule is Nc1nonc1C(=O)Nc1ccccc1CN1CCCC1. The van der Waals surface area contributed by atoms with Crippen molar-refractivity contribution in [1.29, 1.82) is 0 Å². The molecule has 0 saturated carbocycles. The third-order valence-electron chi connectivity index (χ3n) is 3.59. The number of carbonyl (C=O) groups is 1. The number of rotatable bonds is 4. The Bertz CT molecular complexity index is 634. The Morgan fingerprint density at radius 2 is 2.05 bits per heavy atom. The van der Waals surface area contributed by atoms with Gasteiger partial charge in [-0.2, -0.15) is 0 Å². The highest BCUT2D eigenvalue weighted by molar-refractivity contribution is 6.05. The number of para-hydroxylation sites is 1. The molecule has 0 aliphatic carbocycles. The lowest BCUT2D eigenvalue weighted by Crippen LogP contribution is -2.21. The quantitative estimate of drug-likeness (QED) is 0.884. The summed E-state index contributed by atoms with van der Waals surface area (Å²) in [4.78, 5) is 14.5. The van der Waals surface area contributed by atoms with E-state index in [9.17, 15) is 4.79 Å². The van der Waals surface area contributed by atoms with Crippen molar-refractivity contribution in [3.05, 3.63) is 35.5 Å². The van der Waals surface area contributed by atoms with Crippen LogP contribution in [0.2, 0.25) is 0 Å². The maximum absolute atomic E-state index is 12.1. The van der Waals surface area contributed by atoms with Crippen LogP contribution in [-0.4, -0.2) is 34.2 Å². The van der Waals surface area contributed by atoms with E-state index in [0.717, 1.165) is 30.9 Å². The Labute approximate surface area is 122 Å². The number of nitrogens with two attached hydrogens (primary N) is 1. The number of nitrogen functional groups attached to an aromatic ring is 1. The van der Waals surface area contributed by atoms with Crippen molar-refractivity contribution >= 4 is 17.4 Å². The molecule has 0 unspecified atom stereocenters. The van der Waals surface area contributed by atoms with Crippen LogP contribution < -0.4 is 11.1 Å². The van der Waals surface area contributed by atoms with Gasteiger partial charge in [-0.05, 0) is 47.9 Å². The van der Waals surface area contributed by atoms with Gasteiger partial charge in [0.05, 0.1) is 0 Å². The number of nitrogens with one attached hydrogen (secondary N) is 1. The molecular formula is C14H17N5O2. The second kappa shape index (κ2) is 5.92. The van der Waals surface area contributed by atoms with Crippen LogP contribution in [0.3, 0.4) is 0 Å². The number of amides is 1. The molecule has 1 aliphatic heterocycles. The summed E-state index contributed by atoms with van der Waals surface area (Å²) < 4.78 is 4.45. The van der Waals surface area contributed by atoms with Crippen LogP contribution in [0.1, 0.15) is 28.9 Å². The molecule has 0 bridgehead atoms. The monoisotopic (exact) mass is 287 g/mol. The molecule has 7 nitrogen and oxygen atoms in total. The number of hydrogen-bond donors (Lipinski definition) is 2. The first-order chi connectivity index (χ1) is 10.2. The van der Waals surface area contributed by atoms with E-state index in [1.807, 2.05) is 24.3 Å². The standard InChI is InChI=1S/C14H17N5O2/c15-13-12(17-21-18-13)14(20)16-11-6-2-1-5-10(11)9-19-7-3-4-8-19/h1-2,5-6H,3-4,7-9H2,(H2,15,18)(H,16,20). The third kappa shape index (κ3) is 3.03. The molecule has 110 valence electrons. The van der Waals surface area contributed by atoms with E-state index in [4.69, 9.17) is 5.73 Å². The molecule has 0 radical (unpaired) electrons. The minimum atomic E-state index is -0.414. The summed E-state index contributed by atoms with van der Waals surface area (Å²) in [5, 5.41) is 9.74. The topological polar surface area (TPSA) is 97.3 Å². The summed E-state index contributed by atoms with van der Waals surface area (Å²) in [7, 11) is 0. The first kappa shape index (κ1) is 13.6. The summed E-state index contributed by atoms with van der Waals surface area (Å²) in [5.41, 5.74) is 7.37. The smallest absolute Gasteiger partial charge is 0.281 e. The zero-order chi connectivity index (χ0) is 14.7. The number of carbonyl (C=O) groups excluding carboxylic acids is 1. The minimum Gasteiger partial charge on any atom is -0.379 e. The van der Waals surface area contributed by atoms with E-state index in [2.05, 4.69) is 25.2 Å². The molecule has 21 heavy (non-hydrogen) atoms. The van der Waals surface area contributed by atoms with Gasteiger partial charge in [0.15, 0.2) is 0 Å². The van der Waals surface area contributed by atoms with Gasteiger partial charge in [-0.15, -0.1) is 0 Å². The van der Waals surface area contributed by atoms with Crippen molar-refractivity contribution in [3.63, 3.8) is 0 Å². The van der Waals surface area contributed by atoms with Gasteiger partial charge in [0, 0.05) is 12.2 Å². The Hall–Kier alpha value is -2.41. The van der Waals surface area contributed by atoms with Gasteiger partial charge in [-0.1, -0.05) is 18.2 Å². The van der Waals surface area contributed by atoms with Crippen LogP contribution in [0.4, 0.5) is 11.5 Å². The van der Waals surface area contributed by atoms with E-state index in [0.29, 0.717) is 0 Å².